The third-order valence-corrected chi connectivity index (χ3v) is 3.28. The molecule has 1 aromatic rings. The topological polar surface area (TPSA) is 50.4 Å². The molecule has 0 saturated carbocycles. The number of benzene rings is 1. The maximum absolute atomic E-state index is 13.9. The van der Waals surface area contributed by atoms with Crippen LogP contribution in [0.15, 0.2) is 18.2 Å². The molecule has 0 aliphatic carbocycles. The van der Waals surface area contributed by atoms with Crippen molar-refractivity contribution in [3.8, 4) is 5.75 Å². The van der Waals surface area contributed by atoms with Gasteiger partial charge in [-0.2, -0.15) is 0 Å². The molecule has 4 nitrogen and oxygen atoms in total. The Morgan fingerprint density at radius 1 is 1.40 bits per heavy atom. The summed E-state index contributed by atoms with van der Waals surface area (Å²) in [7, 11) is 0. The van der Waals surface area contributed by atoms with Crippen molar-refractivity contribution >= 4 is 11.6 Å². The molecule has 0 spiro atoms. The average Bonchev–Trinajstić information content (AvgIpc) is 2.42. The van der Waals surface area contributed by atoms with Crippen molar-refractivity contribution in [2.24, 2.45) is 5.92 Å². The lowest BCUT2D eigenvalue weighted by Crippen LogP contribution is -2.34. The fraction of sp³-hybridized carbons (Fsp3) is 0.533. The van der Waals surface area contributed by atoms with Crippen LogP contribution in [0.25, 0.3) is 0 Å². The van der Waals surface area contributed by atoms with Crippen molar-refractivity contribution in [3.05, 3.63) is 24.0 Å². The van der Waals surface area contributed by atoms with Crippen LogP contribution < -0.4 is 15.4 Å². The van der Waals surface area contributed by atoms with E-state index in [-0.39, 0.29) is 23.6 Å². The summed E-state index contributed by atoms with van der Waals surface area (Å²) in [5.74, 6) is -0.145. The first-order valence-electron chi connectivity index (χ1n) is 7.04. The number of halogens is 1. The molecule has 1 aliphatic heterocycles. The van der Waals surface area contributed by atoms with Gasteiger partial charge in [-0.25, -0.2) is 4.39 Å². The molecule has 5 heteroatoms. The molecule has 20 heavy (non-hydrogen) atoms. The van der Waals surface area contributed by atoms with Gasteiger partial charge in [-0.05, 0) is 51.9 Å². The average molecular weight is 280 g/mol. The first kappa shape index (κ1) is 14.8. The molecule has 1 saturated heterocycles. The van der Waals surface area contributed by atoms with Crippen molar-refractivity contribution in [1.82, 2.24) is 5.32 Å². The van der Waals surface area contributed by atoms with Crippen LogP contribution in [0.3, 0.4) is 0 Å². The number of hydrogen-bond acceptors (Lipinski definition) is 3. The quantitative estimate of drug-likeness (QED) is 0.891. The van der Waals surface area contributed by atoms with Crippen LogP contribution in [-0.4, -0.2) is 25.1 Å². The van der Waals surface area contributed by atoms with Crippen LogP contribution >= 0.6 is 0 Å². The summed E-state index contributed by atoms with van der Waals surface area (Å²) in [5.41, 5.74) is 0.213. The van der Waals surface area contributed by atoms with E-state index in [2.05, 4.69) is 10.6 Å². The monoisotopic (exact) mass is 280 g/mol. The van der Waals surface area contributed by atoms with E-state index < -0.39 is 5.82 Å². The number of hydrogen-bond donors (Lipinski definition) is 2. The number of piperidine rings is 1. The van der Waals surface area contributed by atoms with Crippen molar-refractivity contribution < 1.29 is 13.9 Å². The molecule has 0 aromatic heterocycles. The van der Waals surface area contributed by atoms with Gasteiger partial charge in [0, 0.05) is 12.0 Å². The summed E-state index contributed by atoms with van der Waals surface area (Å²) in [6, 6.07) is 4.52. The predicted molar refractivity (Wildman–Crippen MR) is 76.4 cm³/mol. The van der Waals surface area contributed by atoms with Gasteiger partial charge in [0.05, 0.1) is 11.8 Å². The van der Waals surface area contributed by atoms with Gasteiger partial charge in [0.2, 0.25) is 5.91 Å². The second-order valence-electron chi connectivity index (χ2n) is 5.32. The van der Waals surface area contributed by atoms with Gasteiger partial charge < -0.3 is 15.4 Å². The molecule has 0 bridgehead atoms. The van der Waals surface area contributed by atoms with Gasteiger partial charge in [-0.3, -0.25) is 4.79 Å². The fourth-order valence-corrected chi connectivity index (χ4v) is 2.26. The second kappa shape index (κ2) is 6.70. The Bertz CT molecular complexity index is 471. The van der Waals surface area contributed by atoms with Gasteiger partial charge in [-0.15, -0.1) is 0 Å². The highest BCUT2D eigenvalue weighted by atomic mass is 19.1. The van der Waals surface area contributed by atoms with Crippen molar-refractivity contribution in [1.29, 1.82) is 0 Å². The Labute approximate surface area is 118 Å². The van der Waals surface area contributed by atoms with Crippen molar-refractivity contribution in [2.45, 2.75) is 32.8 Å². The number of carbonyl (C=O) groups is 1. The number of amides is 1. The first-order chi connectivity index (χ1) is 9.56. The maximum Gasteiger partial charge on any atom is 0.227 e. The Kier molecular flexibility index (Phi) is 4.95. The summed E-state index contributed by atoms with van der Waals surface area (Å²) in [4.78, 5) is 12.0. The minimum Gasteiger partial charge on any atom is -0.491 e. The van der Waals surface area contributed by atoms with E-state index in [1.165, 1.54) is 6.07 Å². The Morgan fingerprint density at radius 2 is 2.10 bits per heavy atom. The smallest absolute Gasteiger partial charge is 0.227 e. The number of rotatable bonds is 4. The second-order valence-corrected chi connectivity index (χ2v) is 5.32. The van der Waals surface area contributed by atoms with Gasteiger partial charge in [0.1, 0.15) is 11.6 Å². The van der Waals surface area contributed by atoms with E-state index >= 15 is 0 Å². The molecule has 1 fully saturated rings. The summed E-state index contributed by atoms with van der Waals surface area (Å²) in [5, 5.41) is 5.86. The zero-order chi connectivity index (χ0) is 14.5. The molecule has 1 aromatic carbocycles. The highest BCUT2D eigenvalue weighted by Gasteiger charge is 2.21. The highest BCUT2D eigenvalue weighted by Crippen LogP contribution is 2.23. The Balaban J connectivity index is 2.00. The molecule has 110 valence electrons. The molecule has 1 heterocycles. The van der Waals surface area contributed by atoms with E-state index in [0.29, 0.717) is 5.75 Å². The third kappa shape index (κ3) is 3.93. The molecule has 2 rings (SSSR count). The largest absolute Gasteiger partial charge is 0.491 e. The fourth-order valence-electron chi connectivity index (χ4n) is 2.26. The Morgan fingerprint density at radius 3 is 2.70 bits per heavy atom. The lowest BCUT2D eigenvalue weighted by Gasteiger charge is -2.22. The van der Waals surface area contributed by atoms with Crippen LogP contribution in [0.2, 0.25) is 0 Å². The normalized spacial score (nSPS) is 16.2. The van der Waals surface area contributed by atoms with Gasteiger partial charge in [0.25, 0.3) is 0 Å². The number of nitrogens with one attached hydrogen (secondary N) is 2. The summed E-state index contributed by atoms with van der Waals surface area (Å²) < 4.78 is 19.3. The van der Waals surface area contributed by atoms with E-state index in [1.807, 2.05) is 13.8 Å². The van der Waals surface area contributed by atoms with E-state index in [4.69, 9.17) is 4.74 Å². The van der Waals surface area contributed by atoms with Crippen LogP contribution in [0.5, 0.6) is 5.75 Å². The van der Waals surface area contributed by atoms with Crippen LogP contribution in [0, 0.1) is 11.7 Å². The molecule has 0 unspecified atom stereocenters. The minimum atomic E-state index is -0.467. The van der Waals surface area contributed by atoms with Gasteiger partial charge >= 0.3 is 0 Å². The minimum absolute atomic E-state index is 0.00965. The van der Waals surface area contributed by atoms with Gasteiger partial charge in [0.15, 0.2) is 0 Å². The predicted octanol–water partition coefficient (Wildman–Crippen LogP) is 2.55. The summed E-state index contributed by atoms with van der Waals surface area (Å²) in [6.45, 7) is 5.43. The van der Waals surface area contributed by atoms with Gasteiger partial charge in [-0.1, -0.05) is 0 Å². The maximum atomic E-state index is 13.9. The number of carbonyl (C=O) groups excluding carboxylic acids is 1. The van der Waals surface area contributed by atoms with Crippen molar-refractivity contribution in [3.63, 3.8) is 0 Å². The first-order valence-corrected chi connectivity index (χ1v) is 7.04. The van der Waals surface area contributed by atoms with E-state index in [1.54, 1.807) is 12.1 Å². The summed E-state index contributed by atoms with van der Waals surface area (Å²) >= 11 is 0. The SMILES string of the molecule is CC(C)Oc1ccc(NC(=O)C2CCNCC2)c(F)c1. The highest BCUT2D eigenvalue weighted by molar-refractivity contribution is 5.92. The standard InChI is InChI=1S/C15H21FN2O2/c1-10(2)20-12-3-4-14(13(16)9-12)18-15(19)11-5-7-17-8-6-11/h3-4,9-11,17H,5-8H2,1-2H3,(H,18,19). The number of anilines is 1. The lowest BCUT2D eigenvalue weighted by molar-refractivity contribution is -0.120. The molecule has 1 aliphatic rings. The lowest BCUT2D eigenvalue weighted by atomic mass is 9.97. The third-order valence-electron chi connectivity index (χ3n) is 3.28. The van der Waals surface area contributed by atoms with Crippen molar-refractivity contribution in [2.75, 3.05) is 18.4 Å². The van der Waals surface area contributed by atoms with Crippen LogP contribution in [-0.2, 0) is 4.79 Å². The molecule has 1 amide bonds. The number of ether oxygens (including phenoxy) is 1. The van der Waals surface area contributed by atoms with E-state index in [9.17, 15) is 9.18 Å². The van der Waals surface area contributed by atoms with E-state index in [0.717, 1.165) is 25.9 Å². The van der Waals surface area contributed by atoms with Crippen LogP contribution in [0.4, 0.5) is 10.1 Å². The Hall–Kier alpha value is -1.62. The summed E-state index contributed by atoms with van der Waals surface area (Å²) in [6.07, 6.45) is 1.58. The molecular weight excluding hydrogens is 259 g/mol. The zero-order valence-corrected chi connectivity index (χ0v) is 11.9. The molecule has 0 atom stereocenters. The molecule has 0 radical (unpaired) electrons. The zero-order valence-electron chi connectivity index (χ0n) is 11.9. The molecular formula is C15H21FN2O2. The van der Waals surface area contributed by atoms with Crippen LogP contribution in [0.1, 0.15) is 26.7 Å². The molecule has 2 N–H and O–H groups in total.